The van der Waals surface area contributed by atoms with Crippen molar-refractivity contribution in [1.82, 2.24) is 20.4 Å². The van der Waals surface area contributed by atoms with Crippen LogP contribution in [0.15, 0.2) is 18.3 Å². The summed E-state index contributed by atoms with van der Waals surface area (Å²) in [6.07, 6.45) is 8.56. The van der Waals surface area contributed by atoms with Gasteiger partial charge in [-0.2, -0.15) is 10.2 Å². The molecule has 19 heavy (non-hydrogen) atoms. The first kappa shape index (κ1) is 13.0. The van der Waals surface area contributed by atoms with Crippen LogP contribution in [0.5, 0.6) is 0 Å². The molecular formula is C15H24N4. The van der Waals surface area contributed by atoms with E-state index >= 15 is 0 Å². The van der Waals surface area contributed by atoms with Crippen LogP contribution >= 0.6 is 0 Å². The molecular weight excluding hydrogens is 236 g/mol. The summed E-state index contributed by atoms with van der Waals surface area (Å²) in [5, 5.41) is 12.0. The molecule has 1 saturated heterocycles. The Morgan fingerprint density at radius 1 is 1.37 bits per heavy atom. The Kier molecular flexibility index (Phi) is 3.80. The molecule has 1 aliphatic carbocycles. The fourth-order valence-corrected chi connectivity index (χ4v) is 3.49. The molecule has 0 aromatic carbocycles. The molecule has 0 amide bonds. The number of nitrogens with one attached hydrogen (secondary N) is 1. The van der Waals surface area contributed by atoms with Gasteiger partial charge < -0.3 is 5.32 Å². The van der Waals surface area contributed by atoms with Gasteiger partial charge in [-0.25, -0.2) is 0 Å². The lowest BCUT2D eigenvalue weighted by Gasteiger charge is -2.48. The second-order valence-corrected chi connectivity index (χ2v) is 6.19. The van der Waals surface area contributed by atoms with Crippen LogP contribution in [0.4, 0.5) is 0 Å². The summed E-state index contributed by atoms with van der Waals surface area (Å²) in [5.41, 5.74) is 1.45. The van der Waals surface area contributed by atoms with Crippen LogP contribution in [0.1, 0.15) is 44.7 Å². The van der Waals surface area contributed by atoms with E-state index < -0.39 is 0 Å². The van der Waals surface area contributed by atoms with E-state index in [2.05, 4.69) is 33.4 Å². The minimum absolute atomic E-state index is 0.368. The van der Waals surface area contributed by atoms with E-state index in [1.807, 2.05) is 6.07 Å². The molecule has 1 unspecified atom stereocenters. The average molecular weight is 260 g/mol. The SMILES string of the molecule is CC1CNC2(CCCCC2)CN1Cc1cccnn1. The predicted molar refractivity (Wildman–Crippen MR) is 75.7 cm³/mol. The van der Waals surface area contributed by atoms with Crippen LogP contribution in [0, 0.1) is 0 Å². The Hall–Kier alpha value is -1.00. The highest BCUT2D eigenvalue weighted by molar-refractivity contribution is 5.03. The molecule has 104 valence electrons. The lowest BCUT2D eigenvalue weighted by Crippen LogP contribution is -2.63. The van der Waals surface area contributed by atoms with Crippen LogP contribution in [0.25, 0.3) is 0 Å². The summed E-state index contributed by atoms with van der Waals surface area (Å²) in [7, 11) is 0. The molecule has 4 nitrogen and oxygen atoms in total. The topological polar surface area (TPSA) is 41.0 Å². The van der Waals surface area contributed by atoms with Crippen molar-refractivity contribution in [1.29, 1.82) is 0 Å². The number of hydrogen-bond acceptors (Lipinski definition) is 4. The second kappa shape index (κ2) is 5.55. The summed E-state index contributed by atoms with van der Waals surface area (Å²) in [6, 6.07) is 4.63. The maximum absolute atomic E-state index is 4.23. The molecule has 4 heteroatoms. The van der Waals surface area contributed by atoms with Gasteiger partial charge in [0, 0.05) is 37.4 Å². The quantitative estimate of drug-likeness (QED) is 0.882. The number of rotatable bonds is 2. The zero-order valence-corrected chi connectivity index (χ0v) is 11.8. The zero-order chi connectivity index (χ0) is 13.1. The van der Waals surface area contributed by atoms with Gasteiger partial charge >= 0.3 is 0 Å². The molecule has 1 saturated carbocycles. The van der Waals surface area contributed by atoms with Crippen molar-refractivity contribution in [2.45, 2.75) is 57.2 Å². The Morgan fingerprint density at radius 3 is 2.95 bits per heavy atom. The van der Waals surface area contributed by atoms with E-state index in [4.69, 9.17) is 0 Å². The van der Waals surface area contributed by atoms with Gasteiger partial charge in [0.1, 0.15) is 0 Å². The van der Waals surface area contributed by atoms with Gasteiger partial charge in [0.05, 0.1) is 5.69 Å². The van der Waals surface area contributed by atoms with Gasteiger partial charge in [0.15, 0.2) is 0 Å². The summed E-state index contributed by atoms with van der Waals surface area (Å²) in [6.45, 7) is 5.49. The molecule has 1 aliphatic heterocycles. The maximum Gasteiger partial charge on any atom is 0.0771 e. The van der Waals surface area contributed by atoms with Crippen molar-refractivity contribution in [3.05, 3.63) is 24.0 Å². The minimum Gasteiger partial charge on any atom is -0.308 e. The van der Waals surface area contributed by atoms with E-state index in [1.165, 1.54) is 32.1 Å². The van der Waals surface area contributed by atoms with Gasteiger partial charge in [0.2, 0.25) is 0 Å². The molecule has 2 fully saturated rings. The van der Waals surface area contributed by atoms with Crippen molar-refractivity contribution in [2.24, 2.45) is 0 Å². The highest BCUT2D eigenvalue weighted by Gasteiger charge is 2.38. The largest absolute Gasteiger partial charge is 0.308 e. The van der Waals surface area contributed by atoms with Crippen LogP contribution in [-0.4, -0.2) is 39.8 Å². The summed E-state index contributed by atoms with van der Waals surface area (Å²) < 4.78 is 0. The van der Waals surface area contributed by atoms with Crippen molar-refractivity contribution >= 4 is 0 Å². The number of hydrogen-bond donors (Lipinski definition) is 1. The fourth-order valence-electron chi connectivity index (χ4n) is 3.49. The van der Waals surface area contributed by atoms with Crippen LogP contribution < -0.4 is 5.32 Å². The van der Waals surface area contributed by atoms with Crippen LogP contribution in [-0.2, 0) is 6.54 Å². The minimum atomic E-state index is 0.368. The Labute approximate surface area is 115 Å². The second-order valence-electron chi connectivity index (χ2n) is 6.19. The Bertz CT molecular complexity index is 400. The highest BCUT2D eigenvalue weighted by atomic mass is 15.3. The molecule has 2 heterocycles. The third kappa shape index (κ3) is 2.95. The molecule has 1 aromatic heterocycles. The zero-order valence-electron chi connectivity index (χ0n) is 11.8. The van der Waals surface area contributed by atoms with Crippen LogP contribution in [0.3, 0.4) is 0 Å². The van der Waals surface area contributed by atoms with E-state index in [1.54, 1.807) is 6.20 Å². The molecule has 0 radical (unpaired) electrons. The van der Waals surface area contributed by atoms with Crippen molar-refractivity contribution in [2.75, 3.05) is 13.1 Å². The predicted octanol–water partition coefficient (Wildman–Crippen LogP) is 1.97. The van der Waals surface area contributed by atoms with Gasteiger partial charge in [0.25, 0.3) is 0 Å². The molecule has 1 N–H and O–H groups in total. The van der Waals surface area contributed by atoms with Crippen molar-refractivity contribution in [3.63, 3.8) is 0 Å². The first-order chi connectivity index (χ1) is 9.27. The van der Waals surface area contributed by atoms with Gasteiger partial charge in [-0.15, -0.1) is 0 Å². The van der Waals surface area contributed by atoms with Gasteiger partial charge in [-0.1, -0.05) is 19.3 Å². The number of aromatic nitrogens is 2. The maximum atomic E-state index is 4.23. The lowest BCUT2D eigenvalue weighted by molar-refractivity contribution is 0.0562. The molecule has 2 aliphatic rings. The summed E-state index contributed by atoms with van der Waals surface area (Å²) in [5.74, 6) is 0. The monoisotopic (exact) mass is 260 g/mol. The van der Waals surface area contributed by atoms with Gasteiger partial charge in [-0.3, -0.25) is 4.90 Å². The van der Waals surface area contributed by atoms with Crippen molar-refractivity contribution < 1.29 is 0 Å². The van der Waals surface area contributed by atoms with Crippen molar-refractivity contribution in [3.8, 4) is 0 Å². The normalized spacial score (nSPS) is 27.5. The Balaban J connectivity index is 1.69. The standard InChI is InChI=1S/C15H24N4/c1-13-10-16-15(7-3-2-4-8-15)12-19(13)11-14-6-5-9-17-18-14/h5-6,9,13,16H,2-4,7-8,10-12H2,1H3. The van der Waals surface area contributed by atoms with Gasteiger partial charge in [-0.05, 0) is 31.9 Å². The third-order valence-electron chi connectivity index (χ3n) is 4.70. The molecule has 0 bridgehead atoms. The number of nitrogens with zero attached hydrogens (tertiary/aromatic N) is 3. The number of piperazine rings is 1. The molecule has 3 rings (SSSR count). The first-order valence-electron chi connectivity index (χ1n) is 7.53. The molecule has 1 atom stereocenters. The fraction of sp³-hybridized carbons (Fsp3) is 0.733. The van der Waals surface area contributed by atoms with Crippen LogP contribution in [0.2, 0.25) is 0 Å². The summed E-state index contributed by atoms with van der Waals surface area (Å²) in [4.78, 5) is 2.58. The lowest BCUT2D eigenvalue weighted by atomic mass is 9.79. The highest BCUT2D eigenvalue weighted by Crippen LogP contribution is 2.32. The summed E-state index contributed by atoms with van der Waals surface area (Å²) >= 11 is 0. The first-order valence-corrected chi connectivity index (χ1v) is 7.53. The van der Waals surface area contributed by atoms with E-state index in [0.29, 0.717) is 11.6 Å². The molecule has 1 aromatic rings. The van der Waals surface area contributed by atoms with E-state index in [9.17, 15) is 0 Å². The molecule has 1 spiro atoms. The smallest absolute Gasteiger partial charge is 0.0771 e. The Morgan fingerprint density at radius 2 is 2.21 bits per heavy atom. The van der Waals surface area contributed by atoms with E-state index in [-0.39, 0.29) is 0 Å². The van der Waals surface area contributed by atoms with E-state index in [0.717, 1.165) is 25.3 Å². The average Bonchev–Trinajstić information content (AvgIpc) is 2.45. The third-order valence-corrected chi connectivity index (χ3v) is 4.70.